The molecule has 2 aromatic rings. The molecule has 1 aliphatic heterocycles. The molecule has 0 spiro atoms. The molecule has 0 amide bonds. The van der Waals surface area contributed by atoms with Gasteiger partial charge in [0.1, 0.15) is 11.9 Å². The molecule has 0 N–H and O–H groups in total. The van der Waals surface area contributed by atoms with Crippen LogP contribution in [0.1, 0.15) is 45.1 Å². The number of hydrogen-bond acceptors (Lipinski definition) is 4. The quantitative estimate of drug-likeness (QED) is 0.421. The monoisotopic (exact) mass is 382 g/mol. The summed E-state index contributed by atoms with van der Waals surface area (Å²) in [6.07, 6.45) is 1.35. The van der Waals surface area contributed by atoms with Gasteiger partial charge in [-0.2, -0.15) is 0 Å². The molecule has 1 heterocycles. The highest BCUT2D eigenvalue weighted by Crippen LogP contribution is 2.49. The fourth-order valence-electron chi connectivity index (χ4n) is 4.02. The third kappa shape index (κ3) is 2.94. The summed E-state index contributed by atoms with van der Waals surface area (Å²) in [7, 11) is 0. The maximum atomic E-state index is 12.5. The summed E-state index contributed by atoms with van der Waals surface area (Å²) in [6, 6.07) is 8.44. The number of carbonyl (C=O) groups is 2. The summed E-state index contributed by atoms with van der Waals surface area (Å²) < 4.78 is 11.3. The largest absolute Gasteiger partial charge is 0.453 e. The Hall–Kier alpha value is -2.59. The Labute approximate surface area is 162 Å². The number of fused-ring (bicyclic) bond motifs is 3. The Morgan fingerprint density at radius 3 is 2.67 bits per heavy atom. The van der Waals surface area contributed by atoms with Crippen molar-refractivity contribution in [3.8, 4) is 5.75 Å². The molecule has 4 rings (SSSR count). The fourth-order valence-corrected chi connectivity index (χ4v) is 4.15. The minimum absolute atomic E-state index is 0.00897. The third-order valence-electron chi connectivity index (χ3n) is 5.50. The molecule has 2 aromatic carbocycles. The zero-order valence-corrected chi connectivity index (χ0v) is 15.9. The van der Waals surface area contributed by atoms with E-state index in [0.29, 0.717) is 21.9 Å². The first-order valence-electron chi connectivity index (χ1n) is 8.87. The van der Waals surface area contributed by atoms with Gasteiger partial charge in [-0.15, -0.1) is 0 Å². The Balaban J connectivity index is 1.72. The minimum atomic E-state index is -0.450. The van der Waals surface area contributed by atoms with Crippen molar-refractivity contribution < 1.29 is 19.1 Å². The maximum Gasteiger partial charge on any atom is 0.343 e. The molecule has 0 saturated carbocycles. The second-order valence-electron chi connectivity index (χ2n) is 7.10. The van der Waals surface area contributed by atoms with E-state index >= 15 is 0 Å². The predicted molar refractivity (Wildman–Crippen MR) is 102 cm³/mol. The first-order valence-corrected chi connectivity index (χ1v) is 9.25. The van der Waals surface area contributed by atoms with Gasteiger partial charge in [-0.3, -0.25) is 0 Å². The van der Waals surface area contributed by atoms with Gasteiger partial charge < -0.3 is 9.47 Å². The second kappa shape index (κ2) is 6.54. The molecule has 1 fully saturated rings. The lowest BCUT2D eigenvalue weighted by Crippen LogP contribution is -2.21. The van der Waals surface area contributed by atoms with Crippen LogP contribution in [0, 0.1) is 19.8 Å². The van der Waals surface area contributed by atoms with E-state index in [1.54, 1.807) is 24.3 Å². The van der Waals surface area contributed by atoms with Crippen LogP contribution in [0.5, 0.6) is 5.75 Å². The first-order chi connectivity index (χ1) is 12.9. The lowest BCUT2D eigenvalue weighted by atomic mass is 9.76. The third-order valence-corrected chi connectivity index (χ3v) is 5.76. The van der Waals surface area contributed by atoms with Crippen molar-refractivity contribution in [1.29, 1.82) is 0 Å². The van der Waals surface area contributed by atoms with Crippen LogP contribution in [-0.4, -0.2) is 11.9 Å². The van der Waals surface area contributed by atoms with Crippen molar-refractivity contribution in [3.63, 3.8) is 0 Å². The van der Waals surface area contributed by atoms with E-state index < -0.39 is 5.97 Å². The SMILES string of the molecule is C=C1C(=O)OC2c3c(C)c(OC(=O)c4ccc(Cl)cc4)cc(C)c3CCC12. The van der Waals surface area contributed by atoms with Gasteiger partial charge in [0.05, 0.1) is 5.56 Å². The van der Waals surface area contributed by atoms with Crippen molar-refractivity contribution in [2.75, 3.05) is 0 Å². The average Bonchev–Trinajstić information content (AvgIpc) is 2.94. The Morgan fingerprint density at radius 2 is 1.96 bits per heavy atom. The number of hydrogen-bond donors (Lipinski definition) is 0. The van der Waals surface area contributed by atoms with Gasteiger partial charge in [0.2, 0.25) is 0 Å². The Kier molecular flexibility index (Phi) is 4.31. The van der Waals surface area contributed by atoms with Gasteiger partial charge in [-0.05, 0) is 73.7 Å². The topological polar surface area (TPSA) is 52.6 Å². The van der Waals surface area contributed by atoms with Crippen LogP contribution in [0.2, 0.25) is 5.02 Å². The molecule has 27 heavy (non-hydrogen) atoms. The smallest absolute Gasteiger partial charge is 0.343 e. The normalized spacial score (nSPS) is 20.7. The molecule has 0 bridgehead atoms. The molecule has 0 radical (unpaired) electrons. The van der Waals surface area contributed by atoms with Crippen LogP contribution < -0.4 is 4.74 Å². The van der Waals surface area contributed by atoms with Gasteiger partial charge in [-0.1, -0.05) is 18.2 Å². The summed E-state index contributed by atoms with van der Waals surface area (Å²) in [5.41, 5.74) is 4.94. The predicted octanol–water partition coefficient (Wildman–Crippen LogP) is 4.89. The van der Waals surface area contributed by atoms with E-state index in [1.807, 2.05) is 19.9 Å². The van der Waals surface area contributed by atoms with Crippen LogP contribution in [0.3, 0.4) is 0 Å². The summed E-state index contributed by atoms with van der Waals surface area (Å²) in [6.45, 7) is 7.78. The number of ether oxygens (including phenoxy) is 2. The first kappa shape index (κ1) is 17.8. The molecular formula is C22H19ClO4. The van der Waals surface area contributed by atoms with Crippen molar-refractivity contribution >= 4 is 23.5 Å². The molecule has 138 valence electrons. The van der Waals surface area contributed by atoms with Crippen molar-refractivity contribution in [3.05, 3.63) is 75.3 Å². The molecule has 2 aliphatic rings. The van der Waals surface area contributed by atoms with Crippen molar-refractivity contribution in [1.82, 2.24) is 0 Å². The van der Waals surface area contributed by atoms with E-state index in [4.69, 9.17) is 21.1 Å². The van der Waals surface area contributed by atoms with Gasteiger partial charge in [0.25, 0.3) is 0 Å². The Bertz CT molecular complexity index is 975. The number of benzene rings is 2. The zero-order valence-electron chi connectivity index (χ0n) is 15.2. The van der Waals surface area contributed by atoms with Crippen LogP contribution in [0.4, 0.5) is 0 Å². The number of aryl methyl sites for hydroxylation is 1. The molecular weight excluding hydrogens is 364 g/mol. The number of carbonyl (C=O) groups excluding carboxylic acids is 2. The number of rotatable bonds is 2. The highest BCUT2D eigenvalue weighted by atomic mass is 35.5. The van der Waals surface area contributed by atoms with Crippen LogP contribution in [-0.2, 0) is 16.0 Å². The number of halogens is 1. The highest BCUT2D eigenvalue weighted by molar-refractivity contribution is 6.30. The van der Waals surface area contributed by atoms with Gasteiger partial charge >= 0.3 is 11.9 Å². The second-order valence-corrected chi connectivity index (χ2v) is 7.54. The maximum absolute atomic E-state index is 12.5. The summed E-state index contributed by atoms with van der Waals surface area (Å²) >= 11 is 5.88. The minimum Gasteiger partial charge on any atom is -0.453 e. The summed E-state index contributed by atoms with van der Waals surface area (Å²) in [5.74, 6) is -0.307. The fraction of sp³-hybridized carbons (Fsp3) is 0.273. The van der Waals surface area contributed by atoms with Gasteiger partial charge in [0.15, 0.2) is 0 Å². The van der Waals surface area contributed by atoms with E-state index in [2.05, 4.69) is 6.58 Å². The lowest BCUT2D eigenvalue weighted by Gasteiger charge is -2.30. The Morgan fingerprint density at radius 1 is 1.26 bits per heavy atom. The van der Waals surface area contributed by atoms with E-state index in [-0.39, 0.29) is 18.0 Å². The highest BCUT2D eigenvalue weighted by Gasteiger charge is 2.44. The zero-order chi connectivity index (χ0) is 19.3. The van der Waals surface area contributed by atoms with Crippen LogP contribution >= 0.6 is 11.6 Å². The molecule has 1 aliphatic carbocycles. The molecule has 1 saturated heterocycles. The molecule has 0 aromatic heterocycles. The lowest BCUT2D eigenvalue weighted by molar-refractivity contribution is -0.139. The standard InChI is InChI=1S/C22H19ClO4/c1-11-10-18(26-22(25)14-4-6-15(23)7-5-14)13(3)19-16(11)8-9-17-12(2)21(24)27-20(17)19/h4-7,10,17,20H,2,8-9H2,1,3H3. The van der Waals surface area contributed by atoms with Crippen molar-refractivity contribution in [2.24, 2.45) is 5.92 Å². The van der Waals surface area contributed by atoms with E-state index in [9.17, 15) is 9.59 Å². The van der Waals surface area contributed by atoms with Crippen molar-refractivity contribution in [2.45, 2.75) is 32.8 Å². The average molecular weight is 383 g/mol. The number of esters is 2. The van der Waals surface area contributed by atoms with E-state index in [0.717, 1.165) is 29.5 Å². The van der Waals surface area contributed by atoms with Crippen LogP contribution in [0.25, 0.3) is 0 Å². The summed E-state index contributed by atoms with van der Waals surface area (Å²) in [5, 5.41) is 0.557. The molecule has 2 atom stereocenters. The molecule has 5 heteroatoms. The van der Waals surface area contributed by atoms with Gasteiger partial charge in [0, 0.05) is 22.1 Å². The molecule has 2 unspecified atom stereocenters. The molecule has 4 nitrogen and oxygen atoms in total. The van der Waals surface area contributed by atoms with Crippen LogP contribution in [0.15, 0.2) is 42.5 Å². The van der Waals surface area contributed by atoms with Gasteiger partial charge in [-0.25, -0.2) is 9.59 Å². The summed E-state index contributed by atoms with van der Waals surface area (Å²) in [4.78, 5) is 24.5. The van der Waals surface area contributed by atoms with E-state index in [1.165, 1.54) is 5.56 Å².